The molecule has 7 heteroatoms. The maximum Gasteiger partial charge on any atom is 0.262 e. The summed E-state index contributed by atoms with van der Waals surface area (Å²) >= 11 is 5.40. The number of anilines is 1. The lowest BCUT2D eigenvalue weighted by Crippen LogP contribution is -2.15. The number of nitrogens with one attached hydrogen (secondary N) is 1. The fourth-order valence-corrected chi connectivity index (χ4v) is 4.56. The van der Waals surface area contributed by atoms with Gasteiger partial charge in [0.1, 0.15) is 0 Å². The summed E-state index contributed by atoms with van der Waals surface area (Å²) in [6, 6.07) is 10.3. The molecule has 0 spiro atoms. The molecule has 112 valence electrons. The third-order valence-electron chi connectivity index (χ3n) is 2.95. The highest BCUT2D eigenvalue weighted by Crippen LogP contribution is 2.28. The van der Waals surface area contributed by atoms with Crippen molar-refractivity contribution < 1.29 is 13.5 Å². The minimum Gasteiger partial charge on any atom is -0.392 e. The molecule has 0 aliphatic heterocycles. The second-order valence-electron chi connectivity index (χ2n) is 4.44. The van der Waals surface area contributed by atoms with Crippen LogP contribution in [0.3, 0.4) is 0 Å². The van der Waals surface area contributed by atoms with Crippen molar-refractivity contribution in [1.29, 1.82) is 0 Å². The quantitative estimate of drug-likeness (QED) is 0.655. The van der Waals surface area contributed by atoms with Gasteiger partial charge >= 0.3 is 0 Å². The van der Waals surface area contributed by atoms with Crippen molar-refractivity contribution in [3.63, 3.8) is 0 Å². The van der Waals surface area contributed by atoms with Crippen molar-refractivity contribution in [2.24, 2.45) is 0 Å². The average molecular weight is 482 g/mol. The number of benzene rings is 2. The maximum atomic E-state index is 12.6. The van der Waals surface area contributed by atoms with E-state index in [1.165, 1.54) is 6.07 Å². The molecule has 2 aromatic carbocycles. The molecule has 21 heavy (non-hydrogen) atoms. The van der Waals surface area contributed by atoms with Gasteiger partial charge in [-0.05, 0) is 64.9 Å². The smallest absolute Gasteiger partial charge is 0.262 e. The number of aliphatic hydroxyl groups is 1. The third-order valence-corrected chi connectivity index (χ3v) is 6.20. The van der Waals surface area contributed by atoms with Gasteiger partial charge in [-0.2, -0.15) is 0 Å². The molecule has 0 amide bonds. The van der Waals surface area contributed by atoms with Gasteiger partial charge < -0.3 is 5.11 Å². The number of sulfonamides is 1. The van der Waals surface area contributed by atoms with Crippen LogP contribution in [0.25, 0.3) is 0 Å². The van der Waals surface area contributed by atoms with Gasteiger partial charge in [0.25, 0.3) is 10.0 Å². The fourth-order valence-electron chi connectivity index (χ4n) is 1.82. The summed E-state index contributed by atoms with van der Waals surface area (Å²) in [5.74, 6) is 0. The van der Waals surface area contributed by atoms with E-state index in [4.69, 9.17) is 0 Å². The summed E-state index contributed by atoms with van der Waals surface area (Å²) in [6.07, 6.45) is 0. The summed E-state index contributed by atoms with van der Waals surface area (Å²) in [5, 5.41) is 9.24. The Morgan fingerprint density at radius 1 is 1.29 bits per heavy atom. The van der Waals surface area contributed by atoms with Crippen molar-refractivity contribution in [3.05, 3.63) is 55.6 Å². The minimum absolute atomic E-state index is 0.153. The number of para-hydroxylation sites is 1. The van der Waals surface area contributed by atoms with Gasteiger partial charge in [0.05, 0.1) is 17.2 Å². The van der Waals surface area contributed by atoms with E-state index in [0.29, 0.717) is 21.3 Å². The first-order chi connectivity index (χ1) is 9.85. The number of rotatable bonds is 4. The lowest BCUT2D eigenvalue weighted by atomic mass is 10.2. The molecular formula is C14H13BrINO3S. The highest BCUT2D eigenvalue weighted by atomic mass is 127. The first-order valence-electron chi connectivity index (χ1n) is 6.02. The minimum atomic E-state index is -3.72. The second-order valence-corrected chi connectivity index (χ2v) is 8.11. The number of hydrogen-bond acceptors (Lipinski definition) is 3. The van der Waals surface area contributed by atoms with E-state index in [1.54, 1.807) is 25.1 Å². The molecule has 2 aromatic rings. The summed E-state index contributed by atoms with van der Waals surface area (Å²) in [6.45, 7) is 1.50. The zero-order valence-electron chi connectivity index (χ0n) is 11.1. The zero-order chi connectivity index (χ0) is 15.6. The Morgan fingerprint density at radius 3 is 2.57 bits per heavy atom. The molecule has 0 unspecified atom stereocenters. The Kier molecular flexibility index (Phi) is 5.29. The van der Waals surface area contributed by atoms with Crippen LogP contribution in [-0.4, -0.2) is 13.5 Å². The van der Waals surface area contributed by atoms with E-state index in [9.17, 15) is 13.5 Å². The van der Waals surface area contributed by atoms with E-state index in [-0.39, 0.29) is 11.5 Å². The van der Waals surface area contributed by atoms with E-state index >= 15 is 0 Å². The lowest BCUT2D eigenvalue weighted by molar-refractivity contribution is 0.281. The predicted octanol–water partition coefficient (Wildman–Crippen LogP) is 3.66. The molecule has 2 N–H and O–H groups in total. The van der Waals surface area contributed by atoms with Crippen molar-refractivity contribution in [3.8, 4) is 0 Å². The molecular weight excluding hydrogens is 469 g/mol. The standard InChI is InChI=1S/C14H13BrINO3S/c1-9-11(15)6-10(8-18)7-14(9)21(19,20)17-13-5-3-2-4-12(13)16/h2-7,17-18H,8H2,1H3. The Balaban J connectivity index is 2.50. The van der Waals surface area contributed by atoms with E-state index in [2.05, 4.69) is 43.2 Å². The second kappa shape index (κ2) is 6.64. The van der Waals surface area contributed by atoms with Crippen LogP contribution < -0.4 is 4.72 Å². The van der Waals surface area contributed by atoms with Crippen LogP contribution >= 0.6 is 38.5 Å². The normalized spacial score (nSPS) is 11.4. The van der Waals surface area contributed by atoms with Crippen LogP contribution in [0.5, 0.6) is 0 Å². The van der Waals surface area contributed by atoms with Gasteiger partial charge in [0.2, 0.25) is 0 Å². The molecule has 0 aliphatic carbocycles. The fraction of sp³-hybridized carbons (Fsp3) is 0.143. The summed E-state index contributed by atoms with van der Waals surface area (Å²) in [5.41, 5.74) is 1.67. The van der Waals surface area contributed by atoms with Crippen LogP contribution in [-0.2, 0) is 16.6 Å². The molecule has 0 heterocycles. The van der Waals surface area contributed by atoms with Gasteiger partial charge in [0, 0.05) is 8.04 Å². The molecule has 0 saturated carbocycles. The topological polar surface area (TPSA) is 66.4 Å². The largest absolute Gasteiger partial charge is 0.392 e. The first kappa shape index (κ1) is 16.7. The van der Waals surface area contributed by atoms with Gasteiger partial charge in [-0.15, -0.1) is 0 Å². The van der Waals surface area contributed by atoms with Crippen molar-refractivity contribution in [2.45, 2.75) is 18.4 Å². The van der Waals surface area contributed by atoms with Crippen molar-refractivity contribution in [1.82, 2.24) is 0 Å². The Hall–Kier alpha value is -0.640. The molecule has 2 rings (SSSR count). The molecule has 0 saturated heterocycles. The van der Waals surface area contributed by atoms with Gasteiger partial charge in [-0.1, -0.05) is 28.1 Å². The van der Waals surface area contributed by atoms with Gasteiger partial charge in [-0.25, -0.2) is 8.42 Å². The number of aliphatic hydroxyl groups excluding tert-OH is 1. The van der Waals surface area contributed by atoms with Crippen LogP contribution in [0.2, 0.25) is 0 Å². The molecule has 0 aromatic heterocycles. The van der Waals surface area contributed by atoms with Crippen LogP contribution in [0.1, 0.15) is 11.1 Å². The van der Waals surface area contributed by atoms with Crippen LogP contribution in [0.15, 0.2) is 45.8 Å². The monoisotopic (exact) mass is 481 g/mol. The number of halogens is 2. The van der Waals surface area contributed by atoms with Crippen LogP contribution in [0, 0.1) is 10.5 Å². The lowest BCUT2D eigenvalue weighted by Gasteiger charge is -2.14. The van der Waals surface area contributed by atoms with Gasteiger partial charge in [-0.3, -0.25) is 4.72 Å². The molecule has 0 fully saturated rings. The Labute approximate surface area is 145 Å². The van der Waals surface area contributed by atoms with Crippen LogP contribution in [0.4, 0.5) is 5.69 Å². The van der Waals surface area contributed by atoms with E-state index in [1.807, 2.05) is 12.1 Å². The zero-order valence-corrected chi connectivity index (χ0v) is 15.7. The predicted molar refractivity (Wildman–Crippen MR) is 94.8 cm³/mol. The summed E-state index contributed by atoms with van der Waals surface area (Å²) < 4.78 is 29.2. The Bertz CT molecular complexity index is 778. The molecule has 0 bridgehead atoms. The summed E-state index contributed by atoms with van der Waals surface area (Å²) in [7, 11) is -3.72. The first-order valence-corrected chi connectivity index (χ1v) is 9.38. The van der Waals surface area contributed by atoms with Crippen molar-refractivity contribution in [2.75, 3.05) is 4.72 Å². The number of hydrogen-bond donors (Lipinski definition) is 2. The molecule has 4 nitrogen and oxygen atoms in total. The van der Waals surface area contributed by atoms with E-state index in [0.717, 1.165) is 3.57 Å². The SMILES string of the molecule is Cc1c(Br)cc(CO)cc1S(=O)(=O)Nc1ccccc1I. The van der Waals surface area contributed by atoms with E-state index < -0.39 is 10.0 Å². The highest BCUT2D eigenvalue weighted by Gasteiger charge is 2.20. The summed E-state index contributed by atoms with van der Waals surface area (Å²) in [4.78, 5) is 0.153. The molecule has 0 atom stereocenters. The Morgan fingerprint density at radius 2 is 1.95 bits per heavy atom. The maximum absolute atomic E-state index is 12.6. The van der Waals surface area contributed by atoms with Crippen molar-refractivity contribution >= 4 is 54.2 Å². The molecule has 0 aliphatic rings. The van der Waals surface area contributed by atoms with Gasteiger partial charge in [0.15, 0.2) is 0 Å². The third kappa shape index (κ3) is 3.77. The molecule has 0 radical (unpaired) electrons. The average Bonchev–Trinajstić information content (AvgIpc) is 2.43. The highest BCUT2D eigenvalue weighted by molar-refractivity contribution is 14.1.